The maximum absolute atomic E-state index is 12.0. The first kappa shape index (κ1) is 14.2. The number of para-hydroxylation sites is 1. The molecule has 6 heteroatoms. The first-order valence-corrected chi connectivity index (χ1v) is 6.98. The molecule has 1 unspecified atom stereocenters. The Bertz CT molecular complexity index is 706. The molecule has 0 fully saturated rings. The van der Waals surface area contributed by atoms with Crippen LogP contribution in [-0.2, 0) is 0 Å². The molecule has 0 spiro atoms. The largest absolute Gasteiger partial charge is 0.493 e. The summed E-state index contributed by atoms with van der Waals surface area (Å²) >= 11 is 0. The van der Waals surface area contributed by atoms with Crippen molar-refractivity contribution in [3.63, 3.8) is 0 Å². The molecule has 22 heavy (non-hydrogen) atoms. The summed E-state index contributed by atoms with van der Waals surface area (Å²) in [5.41, 5.74) is 1.07. The maximum atomic E-state index is 12.0. The van der Waals surface area contributed by atoms with E-state index in [1.165, 1.54) is 12.1 Å². The fraction of sp³-hybridized carbons (Fsp3) is 0.250. The summed E-state index contributed by atoms with van der Waals surface area (Å²) in [6, 6.07) is 10.4. The van der Waals surface area contributed by atoms with Crippen LogP contribution in [0.2, 0.25) is 0 Å². The number of carboxylic acid groups (broad SMARTS) is 1. The summed E-state index contributed by atoms with van der Waals surface area (Å²) in [7, 11) is 0. The van der Waals surface area contributed by atoms with Crippen LogP contribution in [0.4, 0.5) is 0 Å². The van der Waals surface area contributed by atoms with Crippen LogP contribution >= 0.6 is 0 Å². The van der Waals surface area contributed by atoms with Gasteiger partial charge in [-0.1, -0.05) is 18.2 Å². The van der Waals surface area contributed by atoms with Gasteiger partial charge in [-0.25, -0.2) is 4.79 Å². The van der Waals surface area contributed by atoms with E-state index in [0.717, 1.165) is 17.7 Å². The highest BCUT2D eigenvalue weighted by Gasteiger charge is 2.22. The number of carboxylic acids is 1. The van der Waals surface area contributed by atoms with E-state index in [1.54, 1.807) is 0 Å². The molecule has 2 aromatic rings. The van der Waals surface area contributed by atoms with Crippen molar-refractivity contribution in [1.29, 1.82) is 0 Å². The van der Waals surface area contributed by atoms with E-state index in [0.29, 0.717) is 13.2 Å². The average molecular weight is 301 g/mol. The second-order valence-corrected chi connectivity index (χ2v) is 5.05. The van der Waals surface area contributed by atoms with E-state index in [-0.39, 0.29) is 17.4 Å². The molecule has 1 atom stereocenters. The van der Waals surface area contributed by atoms with Crippen LogP contribution in [0.15, 0.2) is 40.8 Å². The van der Waals surface area contributed by atoms with Crippen molar-refractivity contribution in [1.82, 2.24) is 5.32 Å². The molecule has 1 aliphatic heterocycles. The van der Waals surface area contributed by atoms with Crippen molar-refractivity contribution in [2.45, 2.75) is 12.3 Å². The van der Waals surface area contributed by atoms with Gasteiger partial charge in [0.25, 0.3) is 5.91 Å². The molecule has 0 aliphatic carbocycles. The lowest BCUT2D eigenvalue weighted by atomic mass is 9.93. The summed E-state index contributed by atoms with van der Waals surface area (Å²) in [6.45, 7) is 1.06. The van der Waals surface area contributed by atoms with Gasteiger partial charge in [0.15, 0.2) is 5.76 Å². The van der Waals surface area contributed by atoms with Gasteiger partial charge < -0.3 is 19.6 Å². The molecule has 3 rings (SSSR count). The van der Waals surface area contributed by atoms with Gasteiger partial charge in [-0.05, 0) is 30.2 Å². The lowest BCUT2D eigenvalue weighted by Crippen LogP contribution is -2.30. The minimum Gasteiger partial charge on any atom is -0.493 e. The minimum absolute atomic E-state index is 0.00209. The van der Waals surface area contributed by atoms with E-state index >= 15 is 0 Å². The Morgan fingerprint density at radius 2 is 1.95 bits per heavy atom. The van der Waals surface area contributed by atoms with Gasteiger partial charge in [0.2, 0.25) is 5.76 Å². The Labute approximate surface area is 126 Å². The zero-order valence-electron chi connectivity index (χ0n) is 11.7. The molecule has 0 saturated heterocycles. The molecule has 0 saturated carbocycles. The summed E-state index contributed by atoms with van der Waals surface area (Å²) in [5.74, 6) is -0.852. The molecule has 6 nitrogen and oxygen atoms in total. The predicted molar refractivity (Wildman–Crippen MR) is 77.3 cm³/mol. The standard InChI is InChI=1S/C16H15NO5/c18-15(13-5-6-14(22-13)16(19)20)17-9-10-7-8-21-12-4-2-1-3-11(10)12/h1-6,10H,7-9H2,(H,17,18)(H,19,20). The van der Waals surface area contributed by atoms with Crippen LogP contribution in [0.3, 0.4) is 0 Å². The molecule has 0 bridgehead atoms. The first-order chi connectivity index (χ1) is 10.6. The van der Waals surface area contributed by atoms with Crippen molar-refractivity contribution in [2.75, 3.05) is 13.2 Å². The first-order valence-electron chi connectivity index (χ1n) is 6.98. The number of rotatable bonds is 4. The van der Waals surface area contributed by atoms with Crippen molar-refractivity contribution < 1.29 is 23.8 Å². The van der Waals surface area contributed by atoms with Crippen molar-refractivity contribution in [3.05, 3.63) is 53.5 Å². The highest BCUT2D eigenvalue weighted by molar-refractivity contribution is 5.93. The van der Waals surface area contributed by atoms with Gasteiger partial charge in [0.1, 0.15) is 5.75 Å². The SMILES string of the molecule is O=C(O)c1ccc(C(=O)NCC2CCOc3ccccc32)o1. The van der Waals surface area contributed by atoms with Gasteiger partial charge >= 0.3 is 5.97 Å². The number of ether oxygens (including phenoxy) is 1. The number of carbonyl (C=O) groups is 2. The van der Waals surface area contributed by atoms with Crippen LogP contribution in [0.5, 0.6) is 5.75 Å². The van der Waals surface area contributed by atoms with Gasteiger partial charge in [0.05, 0.1) is 6.61 Å². The normalized spacial score (nSPS) is 16.5. The van der Waals surface area contributed by atoms with E-state index in [9.17, 15) is 9.59 Å². The highest BCUT2D eigenvalue weighted by atomic mass is 16.5. The Hall–Kier alpha value is -2.76. The van der Waals surface area contributed by atoms with Crippen LogP contribution < -0.4 is 10.1 Å². The summed E-state index contributed by atoms with van der Waals surface area (Å²) in [6.07, 6.45) is 0.815. The fourth-order valence-corrected chi connectivity index (χ4v) is 2.51. The number of fused-ring (bicyclic) bond motifs is 1. The third-order valence-corrected chi connectivity index (χ3v) is 3.63. The lowest BCUT2D eigenvalue weighted by molar-refractivity contribution is 0.0659. The Kier molecular flexibility index (Phi) is 3.82. The topological polar surface area (TPSA) is 88.8 Å². The van der Waals surface area contributed by atoms with Gasteiger partial charge in [-0.15, -0.1) is 0 Å². The molecule has 2 N–H and O–H groups in total. The third-order valence-electron chi connectivity index (χ3n) is 3.63. The Morgan fingerprint density at radius 1 is 1.18 bits per heavy atom. The number of benzene rings is 1. The Morgan fingerprint density at radius 3 is 2.73 bits per heavy atom. The number of carbonyl (C=O) groups excluding carboxylic acids is 1. The molecule has 114 valence electrons. The second-order valence-electron chi connectivity index (χ2n) is 5.05. The predicted octanol–water partition coefficient (Wildman–Crippen LogP) is 2.27. The van der Waals surface area contributed by atoms with Crippen LogP contribution in [0, 0.1) is 0 Å². The summed E-state index contributed by atoms with van der Waals surface area (Å²) in [5, 5.41) is 11.6. The van der Waals surface area contributed by atoms with Gasteiger partial charge in [0, 0.05) is 12.5 Å². The van der Waals surface area contributed by atoms with Crippen LogP contribution in [0.1, 0.15) is 39.0 Å². The average Bonchev–Trinajstić information content (AvgIpc) is 3.03. The van der Waals surface area contributed by atoms with Gasteiger partial charge in [-0.2, -0.15) is 0 Å². The molecular weight excluding hydrogens is 286 g/mol. The number of aromatic carboxylic acids is 1. The zero-order chi connectivity index (χ0) is 15.5. The van der Waals surface area contributed by atoms with Crippen molar-refractivity contribution >= 4 is 11.9 Å². The van der Waals surface area contributed by atoms with E-state index in [1.807, 2.05) is 24.3 Å². The lowest BCUT2D eigenvalue weighted by Gasteiger charge is -2.25. The molecule has 1 aromatic carbocycles. The smallest absolute Gasteiger partial charge is 0.371 e. The van der Waals surface area contributed by atoms with Crippen LogP contribution in [0.25, 0.3) is 0 Å². The van der Waals surface area contributed by atoms with E-state index in [4.69, 9.17) is 14.3 Å². The molecule has 1 amide bonds. The number of amides is 1. The van der Waals surface area contributed by atoms with E-state index < -0.39 is 11.9 Å². The Balaban J connectivity index is 1.65. The van der Waals surface area contributed by atoms with Crippen molar-refractivity contribution in [3.8, 4) is 5.75 Å². The van der Waals surface area contributed by atoms with Gasteiger partial charge in [-0.3, -0.25) is 4.79 Å². The number of furan rings is 1. The zero-order valence-corrected chi connectivity index (χ0v) is 11.7. The molecule has 2 heterocycles. The molecule has 0 radical (unpaired) electrons. The quantitative estimate of drug-likeness (QED) is 0.904. The fourth-order valence-electron chi connectivity index (χ4n) is 2.51. The molecular formula is C16H15NO5. The number of hydrogen-bond acceptors (Lipinski definition) is 4. The molecule has 1 aliphatic rings. The van der Waals surface area contributed by atoms with Crippen molar-refractivity contribution in [2.24, 2.45) is 0 Å². The summed E-state index contributed by atoms with van der Waals surface area (Å²) < 4.78 is 10.6. The highest BCUT2D eigenvalue weighted by Crippen LogP contribution is 2.32. The molecule has 1 aromatic heterocycles. The third kappa shape index (κ3) is 2.81. The maximum Gasteiger partial charge on any atom is 0.371 e. The van der Waals surface area contributed by atoms with Crippen LogP contribution in [-0.4, -0.2) is 30.1 Å². The number of nitrogens with one attached hydrogen (secondary N) is 1. The monoisotopic (exact) mass is 301 g/mol. The van der Waals surface area contributed by atoms with E-state index in [2.05, 4.69) is 5.32 Å². The second kappa shape index (κ2) is 5.93. The summed E-state index contributed by atoms with van der Waals surface area (Å²) in [4.78, 5) is 22.7. The minimum atomic E-state index is -1.20. The number of hydrogen-bond donors (Lipinski definition) is 2.